The molecule has 1 aromatic rings. The van der Waals surface area contributed by atoms with Gasteiger partial charge in [0.25, 0.3) is 0 Å². The molecule has 0 aromatic heterocycles. The summed E-state index contributed by atoms with van der Waals surface area (Å²) in [5.41, 5.74) is 7.05. The van der Waals surface area contributed by atoms with Crippen molar-refractivity contribution < 1.29 is 9.53 Å². The molecule has 1 saturated heterocycles. The summed E-state index contributed by atoms with van der Waals surface area (Å²) in [5.74, 6) is 3.07. The molecule has 21 heavy (non-hydrogen) atoms. The van der Waals surface area contributed by atoms with E-state index in [0.717, 1.165) is 6.54 Å². The lowest BCUT2D eigenvalue weighted by molar-refractivity contribution is -0.116. The Morgan fingerprint density at radius 3 is 3.00 bits per heavy atom. The molecule has 1 amide bonds. The summed E-state index contributed by atoms with van der Waals surface area (Å²) in [6.45, 7) is 0.771. The molecule has 1 aliphatic heterocycles. The number of hydrogen-bond acceptors (Lipinski definition) is 5. The van der Waals surface area contributed by atoms with Crippen LogP contribution >= 0.6 is 11.8 Å². The molecule has 2 rings (SSSR count). The molecule has 1 unspecified atom stereocenters. The average Bonchev–Trinajstić information content (AvgIpc) is 3.01. The van der Waals surface area contributed by atoms with Gasteiger partial charge in [-0.05, 0) is 31.4 Å². The molecule has 1 aromatic carbocycles. The topological polar surface area (TPSA) is 67.6 Å². The Bertz CT molecular complexity index is 490. The Kier molecular flexibility index (Phi) is 5.76. The van der Waals surface area contributed by atoms with Gasteiger partial charge in [-0.3, -0.25) is 4.79 Å². The second-order valence-corrected chi connectivity index (χ2v) is 6.40. The summed E-state index contributed by atoms with van der Waals surface area (Å²) in [6.07, 6.45) is 1.69. The Balaban J connectivity index is 1.81. The molecule has 1 atom stereocenters. The molecule has 5 nitrogen and oxygen atoms in total. The van der Waals surface area contributed by atoms with Crippen molar-refractivity contribution >= 4 is 29.0 Å². The molecular formula is C15H23N3O2S. The van der Waals surface area contributed by atoms with Crippen molar-refractivity contribution in [2.24, 2.45) is 0 Å². The molecule has 3 N–H and O–H groups in total. The maximum absolute atomic E-state index is 12.0. The number of nitrogens with two attached hydrogens (primary N) is 1. The van der Waals surface area contributed by atoms with Crippen molar-refractivity contribution in [1.82, 2.24) is 4.90 Å². The Labute approximate surface area is 130 Å². The predicted octanol–water partition coefficient (Wildman–Crippen LogP) is 2.04. The smallest absolute Gasteiger partial charge is 0.225 e. The highest BCUT2D eigenvalue weighted by Crippen LogP contribution is 2.24. The number of carbonyl (C=O) groups is 1. The van der Waals surface area contributed by atoms with E-state index in [1.165, 1.54) is 17.9 Å². The minimum absolute atomic E-state index is 0.00985. The first kappa shape index (κ1) is 16.0. The fraction of sp³-hybridized carbons (Fsp3) is 0.533. The summed E-state index contributed by atoms with van der Waals surface area (Å²) in [5, 5.41) is 2.86. The minimum Gasteiger partial charge on any atom is -0.497 e. The number of nitrogen functional groups attached to an aromatic ring is 1. The lowest BCUT2D eigenvalue weighted by Gasteiger charge is -2.23. The molecule has 116 valence electrons. The van der Waals surface area contributed by atoms with Crippen LogP contribution in [0.2, 0.25) is 0 Å². The highest BCUT2D eigenvalue weighted by atomic mass is 32.2. The standard InChI is InChI=1S/C15H23N3O2S/c1-18(11-6-8-21-10-11)7-5-15(19)17-14-4-3-12(20-2)9-13(14)16/h3-4,9,11H,5-8,10,16H2,1-2H3,(H,17,19). The summed E-state index contributed by atoms with van der Waals surface area (Å²) in [4.78, 5) is 14.3. The maximum Gasteiger partial charge on any atom is 0.225 e. The highest BCUT2D eigenvalue weighted by Gasteiger charge is 2.20. The first-order valence-corrected chi connectivity index (χ1v) is 8.27. The van der Waals surface area contributed by atoms with Crippen LogP contribution in [0.3, 0.4) is 0 Å². The molecule has 6 heteroatoms. The number of amides is 1. The van der Waals surface area contributed by atoms with Crippen LogP contribution in [0.25, 0.3) is 0 Å². The number of ether oxygens (including phenoxy) is 1. The monoisotopic (exact) mass is 309 g/mol. The van der Waals surface area contributed by atoms with Crippen LogP contribution in [0.4, 0.5) is 11.4 Å². The van der Waals surface area contributed by atoms with Crippen molar-refractivity contribution in [2.75, 3.05) is 43.3 Å². The van der Waals surface area contributed by atoms with E-state index in [-0.39, 0.29) is 5.91 Å². The van der Waals surface area contributed by atoms with Crippen molar-refractivity contribution in [3.05, 3.63) is 18.2 Å². The van der Waals surface area contributed by atoms with Gasteiger partial charge in [-0.25, -0.2) is 0 Å². The first-order chi connectivity index (χ1) is 10.1. The summed E-state index contributed by atoms with van der Waals surface area (Å²) < 4.78 is 5.09. The quantitative estimate of drug-likeness (QED) is 0.787. The molecule has 0 spiro atoms. The van der Waals surface area contributed by atoms with Crippen LogP contribution in [-0.4, -0.2) is 49.1 Å². The summed E-state index contributed by atoms with van der Waals surface area (Å²) >= 11 is 1.98. The summed E-state index contributed by atoms with van der Waals surface area (Å²) in [7, 11) is 3.68. The van der Waals surface area contributed by atoms with Gasteiger partial charge in [-0.15, -0.1) is 0 Å². The second kappa shape index (κ2) is 7.56. The van der Waals surface area contributed by atoms with Gasteiger partial charge >= 0.3 is 0 Å². The number of nitrogens with zero attached hydrogens (tertiary/aromatic N) is 1. The normalized spacial score (nSPS) is 18.0. The number of thioether (sulfide) groups is 1. The molecule has 0 bridgehead atoms. The highest BCUT2D eigenvalue weighted by molar-refractivity contribution is 7.99. The van der Waals surface area contributed by atoms with Crippen molar-refractivity contribution in [1.29, 1.82) is 0 Å². The van der Waals surface area contributed by atoms with Crippen molar-refractivity contribution in [3.63, 3.8) is 0 Å². The van der Waals surface area contributed by atoms with Crippen LogP contribution < -0.4 is 15.8 Å². The maximum atomic E-state index is 12.0. The van der Waals surface area contributed by atoms with Gasteiger partial charge in [-0.1, -0.05) is 0 Å². The zero-order chi connectivity index (χ0) is 15.2. The van der Waals surface area contributed by atoms with E-state index in [1.807, 2.05) is 11.8 Å². The number of anilines is 2. The molecule has 0 saturated carbocycles. The fourth-order valence-corrected chi connectivity index (χ4v) is 3.62. The Morgan fingerprint density at radius 1 is 1.57 bits per heavy atom. The van der Waals surface area contributed by atoms with E-state index in [0.29, 0.717) is 29.6 Å². The van der Waals surface area contributed by atoms with Gasteiger partial charge in [0, 0.05) is 30.8 Å². The molecule has 1 fully saturated rings. The van der Waals surface area contributed by atoms with Gasteiger partial charge in [0.05, 0.1) is 18.5 Å². The Hall–Kier alpha value is -1.40. The van der Waals surface area contributed by atoms with Gasteiger partial charge in [0.15, 0.2) is 0 Å². The minimum atomic E-state index is -0.00985. The van der Waals surface area contributed by atoms with Crippen LogP contribution in [0.1, 0.15) is 12.8 Å². The number of carbonyl (C=O) groups excluding carboxylic acids is 1. The second-order valence-electron chi connectivity index (χ2n) is 5.25. The van der Waals surface area contributed by atoms with E-state index in [9.17, 15) is 4.79 Å². The number of hydrogen-bond donors (Lipinski definition) is 2. The average molecular weight is 309 g/mol. The third-order valence-corrected chi connectivity index (χ3v) is 4.90. The number of benzene rings is 1. The van der Waals surface area contributed by atoms with Gasteiger partial charge in [-0.2, -0.15) is 11.8 Å². The van der Waals surface area contributed by atoms with E-state index < -0.39 is 0 Å². The third-order valence-electron chi connectivity index (χ3n) is 3.75. The SMILES string of the molecule is COc1ccc(NC(=O)CCN(C)C2CCSC2)c(N)c1. The fourth-order valence-electron chi connectivity index (χ4n) is 2.32. The lowest BCUT2D eigenvalue weighted by atomic mass is 10.2. The van der Waals surface area contributed by atoms with Gasteiger partial charge < -0.3 is 20.7 Å². The number of methoxy groups -OCH3 is 1. The van der Waals surface area contributed by atoms with Crippen molar-refractivity contribution in [2.45, 2.75) is 18.9 Å². The van der Waals surface area contributed by atoms with E-state index in [2.05, 4.69) is 17.3 Å². The molecule has 1 heterocycles. The van der Waals surface area contributed by atoms with Crippen LogP contribution in [0.5, 0.6) is 5.75 Å². The largest absolute Gasteiger partial charge is 0.497 e. The summed E-state index contributed by atoms with van der Waals surface area (Å²) in [6, 6.07) is 5.86. The molecule has 1 aliphatic rings. The van der Waals surface area contributed by atoms with Crippen LogP contribution in [0, 0.1) is 0 Å². The number of rotatable bonds is 6. The van der Waals surface area contributed by atoms with Crippen LogP contribution in [0.15, 0.2) is 18.2 Å². The van der Waals surface area contributed by atoms with E-state index in [1.54, 1.807) is 25.3 Å². The molecular weight excluding hydrogens is 286 g/mol. The van der Waals surface area contributed by atoms with E-state index >= 15 is 0 Å². The third kappa shape index (κ3) is 4.54. The molecule has 0 aliphatic carbocycles. The molecule has 0 radical (unpaired) electrons. The van der Waals surface area contributed by atoms with Crippen LogP contribution in [-0.2, 0) is 4.79 Å². The zero-order valence-corrected chi connectivity index (χ0v) is 13.4. The zero-order valence-electron chi connectivity index (χ0n) is 12.6. The van der Waals surface area contributed by atoms with Gasteiger partial charge in [0.2, 0.25) is 5.91 Å². The van der Waals surface area contributed by atoms with E-state index in [4.69, 9.17) is 10.5 Å². The van der Waals surface area contributed by atoms with Crippen molar-refractivity contribution in [3.8, 4) is 5.75 Å². The predicted molar refractivity (Wildman–Crippen MR) is 89.0 cm³/mol. The lowest BCUT2D eigenvalue weighted by Crippen LogP contribution is -2.34. The van der Waals surface area contributed by atoms with Gasteiger partial charge in [0.1, 0.15) is 5.75 Å². The number of nitrogens with one attached hydrogen (secondary N) is 1. The Morgan fingerprint density at radius 2 is 2.38 bits per heavy atom. The first-order valence-electron chi connectivity index (χ1n) is 7.11.